The van der Waals surface area contributed by atoms with Gasteiger partial charge in [-0.05, 0) is 24.1 Å². The van der Waals surface area contributed by atoms with Crippen molar-refractivity contribution in [1.82, 2.24) is 9.71 Å². The summed E-state index contributed by atoms with van der Waals surface area (Å²) in [4.78, 5) is 15.1. The number of rotatable bonds is 5. The Hall–Kier alpha value is -1.22. The highest BCUT2D eigenvalue weighted by Crippen LogP contribution is 2.27. The molecule has 1 aromatic heterocycles. The Morgan fingerprint density at radius 1 is 1.43 bits per heavy atom. The molecular formula is C12H13ClN2O4S2. The zero-order chi connectivity index (χ0) is 15.8. The van der Waals surface area contributed by atoms with E-state index in [1.807, 2.05) is 0 Å². The SMILES string of the molecule is CC(C)[C@@H](NS(=O)(=O)c1ccc2nc(Cl)sc2c1)C(=O)O. The number of carboxylic acids is 1. The second-order valence-corrected chi connectivity index (χ2v) is 8.10. The topological polar surface area (TPSA) is 96.4 Å². The predicted octanol–water partition coefficient (Wildman–Crippen LogP) is 2.34. The summed E-state index contributed by atoms with van der Waals surface area (Å²) in [6.07, 6.45) is 0. The Kier molecular flexibility index (Phi) is 4.52. The highest BCUT2D eigenvalue weighted by Gasteiger charge is 2.28. The van der Waals surface area contributed by atoms with E-state index in [0.717, 1.165) is 11.3 Å². The number of sulfonamides is 1. The number of fused-ring (bicyclic) bond motifs is 1. The predicted molar refractivity (Wildman–Crippen MR) is 81.2 cm³/mol. The van der Waals surface area contributed by atoms with Gasteiger partial charge in [0.2, 0.25) is 10.0 Å². The summed E-state index contributed by atoms with van der Waals surface area (Å²) in [5, 5.41) is 9.08. The van der Waals surface area contributed by atoms with Crippen molar-refractivity contribution in [3.63, 3.8) is 0 Å². The summed E-state index contributed by atoms with van der Waals surface area (Å²) in [5.41, 5.74) is 0.600. The smallest absolute Gasteiger partial charge is 0.322 e. The summed E-state index contributed by atoms with van der Waals surface area (Å²) in [6.45, 7) is 3.26. The molecule has 114 valence electrons. The number of hydrogen-bond donors (Lipinski definition) is 2. The third kappa shape index (κ3) is 3.52. The van der Waals surface area contributed by atoms with Crippen LogP contribution in [0.25, 0.3) is 10.2 Å². The van der Waals surface area contributed by atoms with Crippen molar-refractivity contribution in [2.45, 2.75) is 24.8 Å². The van der Waals surface area contributed by atoms with Crippen molar-refractivity contribution >= 4 is 49.1 Å². The molecule has 2 rings (SSSR count). The Morgan fingerprint density at radius 2 is 2.10 bits per heavy atom. The van der Waals surface area contributed by atoms with Crippen molar-refractivity contribution in [2.75, 3.05) is 0 Å². The average molecular weight is 349 g/mol. The molecule has 21 heavy (non-hydrogen) atoms. The van der Waals surface area contributed by atoms with Gasteiger partial charge in [-0.1, -0.05) is 25.4 Å². The monoisotopic (exact) mass is 348 g/mol. The first-order chi connectivity index (χ1) is 9.70. The van der Waals surface area contributed by atoms with E-state index in [1.54, 1.807) is 13.8 Å². The normalized spacial score (nSPS) is 13.7. The molecule has 9 heteroatoms. The molecule has 6 nitrogen and oxygen atoms in total. The van der Waals surface area contributed by atoms with Gasteiger partial charge in [-0.2, -0.15) is 4.72 Å². The fraction of sp³-hybridized carbons (Fsp3) is 0.333. The van der Waals surface area contributed by atoms with Gasteiger partial charge in [0.15, 0.2) is 4.47 Å². The van der Waals surface area contributed by atoms with Gasteiger partial charge < -0.3 is 5.11 Å². The molecule has 0 unspecified atom stereocenters. The highest BCUT2D eigenvalue weighted by molar-refractivity contribution is 7.89. The summed E-state index contributed by atoms with van der Waals surface area (Å²) >= 11 is 6.94. The van der Waals surface area contributed by atoms with Crippen molar-refractivity contribution in [3.8, 4) is 0 Å². The summed E-state index contributed by atoms with van der Waals surface area (Å²) < 4.78 is 27.7. The Bertz CT molecular complexity index is 786. The zero-order valence-corrected chi connectivity index (χ0v) is 13.6. The van der Waals surface area contributed by atoms with E-state index >= 15 is 0 Å². The van der Waals surface area contributed by atoms with Gasteiger partial charge in [-0.15, -0.1) is 11.3 Å². The quantitative estimate of drug-likeness (QED) is 0.864. The number of benzene rings is 1. The maximum absolute atomic E-state index is 12.3. The Morgan fingerprint density at radius 3 is 2.67 bits per heavy atom. The molecule has 0 bridgehead atoms. The second-order valence-electron chi connectivity index (χ2n) is 4.78. The van der Waals surface area contributed by atoms with Crippen molar-refractivity contribution < 1.29 is 18.3 Å². The van der Waals surface area contributed by atoms with Crippen molar-refractivity contribution in [3.05, 3.63) is 22.7 Å². The van der Waals surface area contributed by atoms with Crippen LogP contribution in [0.1, 0.15) is 13.8 Å². The fourth-order valence-corrected chi connectivity index (χ4v) is 4.26. The van der Waals surface area contributed by atoms with Gasteiger partial charge in [-0.25, -0.2) is 13.4 Å². The number of hydrogen-bond acceptors (Lipinski definition) is 5. The van der Waals surface area contributed by atoms with Crippen LogP contribution >= 0.6 is 22.9 Å². The largest absolute Gasteiger partial charge is 0.480 e. The molecule has 0 saturated heterocycles. The molecule has 0 aliphatic heterocycles. The van der Waals surface area contributed by atoms with E-state index in [-0.39, 0.29) is 10.8 Å². The van der Waals surface area contributed by atoms with Crippen LogP contribution in [0.3, 0.4) is 0 Å². The number of carboxylic acid groups (broad SMARTS) is 1. The molecule has 2 N–H and O–H groups in total. The lowest BCUT2D eigenvalue weighted by atomic mass is 10.1. The lowest BCUT2D eigenvalue weighted by molar-refractivity contribution is -0.140. The van der Waals surface area contributed by atoms with Gasteiger partial charge in [0.1, 0.15) is 6.04 Å². The summed E-state index contributed by atoms with van der Waals surface area (Å²) in [5.74, 6) is -1.59. The average Bonchev–Trinajstić information content (AvgIpc) is 2.74. The minimum atomic E-state index is -3.93. The molecular weight excluding hydrogens is 336 g/mol. The minimum absolute atomic E-state index is 0.0118. The standard InChI is InChI=1S/C12H13ClN2O4S2/c1-6(2)10(11(16)17)15-21(18,19)7-3-4-8-9(5-7)20-12(13)14-8/h3-6,10,15H,1-2H3,(H,16,17)/t10-/m1/s1. The lowest BCUT2D eigenvalue weighted by Crippen LogP contribution is -2.44. The van der Waals surface area contributed by atoms with Crippen LogP contribution in [0.15, 0.2) is 23.1 Å². The number of nitrogens with one attached hydrogen (secondary N) is 1. The van der Waals surface area contributed by atoms with Crippen molar-refractivity contribution in [2.24, 2.45) is 5.92 Å². The Labute approximate surface area is 130 Å². The number of nitrogens with zero attached hydrogens (tertiary/aromatic N) is 1. The van der Waals surface area contributed by atoms with Gasteiger partial charge in [-0.3, -0.25) is 4.79 Å². The number of halogens is 1. The molecule has 0 amide bonds. The molecule has 0 aliphatic carbocycles. The maximum Gasteiger partial charge on any atom is 0.322 e. The minimum Gasteiger partial charge on any atom is -0.480 e. The molecule has 1 atom stereocenters. The summed E-state index contributed by atoms with van der Waals surface area (Å²) in [7, 11) is -3.93. The second kappa shape index (κ2) is 5.88. The van der Waals surface area contributed by atoms with E-state index in [9.17, 15) is 13.2 Å². The molecule has 0 saturated carbocycles. The first kappa shape index (κ1) is 16.2. The Balaban J connectivity index is 2.38. The zero-order valence-electron chi connectivity index (χ0n) is 11.2. The van der Waals surface area contributed by atoms with E-state index in [2.05, 4.69) is 9.71 Å². The van der Waals surface area contributed by atoms with Crippen LogP contribution in [0.4, 0.5) is 0 Å². The maximum atomic E-state index is 12.3. The molecule has 0 fully saturated rings. The molecule has 0 radical (unpaired) electrons. The molecule has 1 aromatic carbocycles. The van der Waals surface area contributed by atoms with Gasteiger partial charge in [0.05, 0.1) is 15.1 Å². The van der Waals surface area contributed by atoms with Gasteiger partial charge >= 0.3 is 5.97 Å². The molecule has 0 aliphatic rings. The fourth-order valence-electron chi connectivity index (χ4n) is 1.75. The first-order valence-corrected chi connectivity index (χ1v) is 8.69. The van der Waals surface area contributed by atoms with Gasteiger partial charge in [0.25, 0.3) is 0 Å². The van der Waals surface area contributed by atoms with E-state index in [0.29, 0.717) is 14.7 Å². The molecule has 2 aromatic rings. The molecule has 1 heterocycles. The van der Waals surface area contributed by atoms with Crippen LogP contribution in [0.5, 0.6) is 0 Å². The van der Waals surface area contributed by atoms with Crippen molar-refractivity contribution in [1.29, 1.82) is 0 Å². The van der Waals surface area contributed by atoms with E-state index < -0.39 is 22.0 Å². The third-order valence-electron chi connectivity index (χ3n) is 2.86. The van der Waals surface area contributed by atoms with Crippen LogP contribution < -0.4 is 4.72 Å². The van der Waals surface area contributed by atoms with Crippen LogP contribution in [0.2, 0.25) is 4.47 Å². The van der Waals surface area contributed by atoms with Gasteiger partial charge in [0, 0.05) is 0 Å². The van der Waals surface area contributed by atoms with Crippen LogP contribution in [-0.4, -0.2) is 30.5 Å². The van der Waals surface area contributed by atoms with Crippen LogP contribution in [-0.2, 0) is 14.8 Å². The number of aromatic nitrogens is 1. The van der Waals surface area contributed by atoms with E-state index in [1.165, 1.54) is 18.2 Å². The van der Waals surface area contributed by atoms with E-state index in [4.69, 9.17) is 16.7 Å². The lowest BCUT2D eigenvalue weighted by Gasteiger charge is -2.17. The third-order valence-corrected chi connectivity index (χ3v) is 5.42. The molecule has 0 spiro atoms. The number of thiazole rings is 1. The summed E-state index contributed by atoms with van der Waals surface area (Å²) in [6, 6.07) is 3.16. The van der Waals surface area contributed by atoms with Crippen LogP contribution in [0, 0.1) is 5.92 Å². The number of aliphatic carboxylic acids is 1. The number of carbonyl (C=O) groups is 1. The first-order valence-electron chi connectivity index (χ1n) is 6.02. The highest BCUT2D eigenvalue weighted by atomic mass is 35.5.